The van der Waals surface area contributed by atoms with Gasteiger partial charge in [-0.05, 0) is 25.9 Å². The van der Waals surface area contributed by atoms with E-state index >= 15 is 0 Å². The van der Waals surface area contributed by atoms with Crippen molar-refractivity contribution in [1.29, 1.82) is 0 Å². The van der Waals surface area contributed by atoms with E-state index in [1.807, 2.05) is 0 Å². The van der Waals surface area contributed by atoms with Gasteiger partial charge < -0.3 is 25.0 Å². The molecular formula is C14H27N3O4. The first-order chi connectivity index (χ1) is 10.1. The Morgan fingerprint density at radius 1 is 1.24 bits per heavy atom. The summed E-state index contributed by atoms with van der Waals surface area (Å²) in [4.78, 5) is 26.0. The van der Waals surface area contributed by atoms with Crippen LogP contribution >= 0.6 is 0 Å². The number of piperidine rings is 1. The molecule has 1 aliphatic heterocycles. The van der Waals surface area contributed by atoms with Crippen LogP contribution in [0, 0.1) is 5.41 Å². The predicted octanol–water partition coefficient (Wildman–Crippen LogP) is -0.776. The van der Waals surface area contributed by atoms with E-state index in [-0.39, 0.29) is 18.4 Å². The number of likely N-dealkylation sites (N-methyl/N-ethyl adjacent to an activating group) is 1. The van der Waals surface area contributed by atoms with Gasteiger partial charge in [-0.3, -0.25) is 9.59 Å². The van der Waals surface area contributed by atoms with Gasteiger partial charge in [-0.2, -0.15) is 0 Å². The number of ether oxygens (including phenoxy) is 2. The highest BCUT2D eigenvalue weighted by Gasteiger charge is 2.41. The fourth-order valence-corrected chi connectivity index (χ4v) is 2.64. The molecule has 1 heterocycles. The number of carbonyl (C=O) groups is 2. The van der Waals surface area contributed by atoms with Crippen molar-refractivity contribution in [1.82, 2.24) is 15.5 Å². The molecule has 0 unspecified atom stereocenters. The lowest BCUT2D eigenvalue weighted by Gasteiger charge is -2.38. The molecule has 0 aromatic heterocycles. The van der Waals surface area contributed by atoms with E-state index in [1.54, 1.807) is 21.3 Å². The van der Waals surface area contributed by atoms with Gasteiger partial charge in [-0.25, -0.2) is 0 Å². The van der Waals surface area contributed by atoms with Crippen LogP contribution in [0.15, 0.2) is 0 Å². The molecule has 0 bridgehead atoms. The standard InChI is InChI=1S/C14H27N3O4/c1-17(10-12(18)16-8-9-20-2)13(19)14(11-21-3)4-6-15-7-5-14/h15H,4-11H2,1-3H3,(H,16,18). The van der Waals surface area contributed by atoms with Crippen molar-refractivity contribution in [3.05, 3.63) is 0 Å². The normalized spacial score (nSPS) is 17.3. The van der Waals surface area contributed by atoms with Crippen molar-refractivity contribution in [3.8, 4) is 0 Å². The average Bonchev–Trinajstić information content (AvgIpc) is 2.48. The number of methoxy groups -OCH3 is 2. The highest BCUT2D eigenvalue weighted by atomic mass is 16.5. The molecule has 2 N–H and O–H groups in total. The Kier molecular flexibility index (Phi) is 7.63. The van der Waals surface area contributed by atoms with Gasteiger partial charge >= 0.3 is 0 Å². The van der Waals surface area contributed by atoms with Crippen molar-refractivity contribution >= 4 is 11.8 Å². The zero-order chi connectivity index (χ0) is 15.7. The molecule has 7 nitrogen and oxygen atoms in total. The van der Waals surface area contributed by atoms with Gasteiger partial charge in [-0.15, -0.1) is 0 Å². The largest absolute Gasteiger partial charge is 0.384 e. The summed E-state index contributed by atoms with van der Waals surface area (Å²) in [5.74, 6) is -0.197. The van der Waals surface area contributed by atoms with E-state index in [4.69, 9.17) is 9.47 Å². The van der Waals surface area contributed by atoms with Crippen LogP contribution in [0.4, 0.5) is 0 Å². The molecular weight excluding hydrogens is 274 g/mol. The monoisotopic (exact) mass is 301 g/mol. The van der Waals surface area contributed by atoms with Crippen LogP contribution in [-0.2, 0) is 19.1 Å². The second-order valence-electron chi connectivity index (χ2n) is 5.47. The molecule has 0 aliphatic carbocycles. The van der Waals surface area contributed by atoms with Crippen LogP contribution in [-0.4, -0.2) is 77.4 Å². The van der Waals surface area contributed by atoms with E-state index in [1.165, 1.54) is 4.90 Å². The van der Waals surface area contributed by atoms with Crippen LogP contribution in [0.1, 0.15) is 12.8 Å². The van der Waals surface area contributed by atoms with Crippen LogP contribution in [0.5, 0.6) is 0 Å². The summed E-state index contributed by atoms with van der Waals surface area (Å²) >= 11 is 0. The van der Waals surface area contributed by atoms with Gasteiger partial charge in [0.15, 0.2) is 0 Å². The van der Waals surface area contributed by atoms with E-state index in [0.29, 0.717) is 19.8 Å². The summed E-state index contributed by atoms with van der Waals surface area (Å²) in [5.41, 5.74) is -0.512. The minimum Gasteiger partial charge on any atom is -0.384 e. The molecule has 1 fully saturated rings. The van der Waals surface area contributed by atoms with Gasteiger partial charge in [0.2, 0.25) is 11.8 Å². The minimum absolute atomic E-state index is 0.0206. The quantitative estimate of drug-likeness (QED) is 0.575. The number of amides is 2. The molecule has 0 radical (unpaired) electrons. The van der Waals surface area contributed by atoms with Crippen molar-refractivity contribution in [2.45, 2.75) is 12.8 Å². The molecule has 1 saturated heterocycles. The third-order valence-corrected chi connectivity index (χ3v) is 3.79. The summed E-state index contributed by atoms with van der Waals surface area (Å²) in [6, 6.07) is 0. The number of carbonyl (C=O) groups excluding carboxylic acids is 2. The minimum atomic E-state index is -0.512. The molecule has 0 aromatic rings. The predicted molar refractivity (Wildman–Crippen MR) is 78.9 cm³/mol. The smallest absolute Gasteiger partial charge is 0.239 e. The lowest BCUT2D eigenvalue weighted by atomic mass is 9.78. The summed E-state index contributed by atoms with van der Waals surface area (Å²) in [6.07, 6.45) is 1.46. The van der Waals surface area contributed by atoms with E-state index < -0.39 is 5.41 Å². The summed E-state index contributed by atoms with van der Waals surface area (Å²) in [5, 5.41) is 5.96. The van der Waals surface area contributed by atoms with Crippen LogP contribution in [0.25, 0.3) is 0 Å². The number of hydrogen-bond acceptors (Lipinski definition) is 5. The second-order valence-corrected chi connectivity index (χ2v) is 5.47. The Hall–Kier alpha value is -1.18. The highest BCUT2D eigenvalue weighted by molar-refractivity contribution is 5.88. The molecule has 21 heavy (non-hydrogen) atoms. The number of nitrogens with one attached hydrogen (secondary N) is 2. The third-order valence-electron chi connectivity index (χ3n) is 3.79. The average molecular weight is 301 g/mol. The lowest BCUT2D eigenvalue weighted by Crippen LogP contribution is -2.52. The Labute approximate surface area is 126 Å². The molecule has 0 aromatic carbocycles. The third kappa shape index (κ3) is 5.26. The number of hydrogen-bond donors (Lipinski definition) is 2. The molecule has 7 heteroatoms. The molecule has 2 amide bonds. The molecule has 0 atom stereocenters. The van der Waals surface area contributed by atoms with Crippen molar-refractivity contribution in [2.24, 2.45) is 5.41 Å². The summed E-state index contributed by atoms with van der Waals surface area (Å²) in [7, 11) is 4.85. The first-order valence-electron chi connectivity index (χ1n) is 7.26. The number of rotatable bonds is 8. The van der Waals surface area contributed by atoms with Crippen LogP contribution in [0.2, 0.25) is 0 Å². The fraction of sp³-hybridized carbons (Fsp3) is 0.857. The maximum absolute atomic E-state index is 12.7. The van der Waals surface area contributed by atoms with Crippen molar-refractivity contribution in [2.75, 3.05) is 60.7 Å². The number of nitrogens with zero attached hydrogens (tertiary/aromatic N) is 1. The molecule has 1 rings (SSSR count). The van der Waals surface area contributed by atoms with Gasteiger partial charge in [-0.1, -0.05) is 0 Å². The molecule has 1 aliphatic rings. The zero-order valence-electron chi connectivity index (χ0n) is 13.2. The summed E-state index contributed by atoms with van der Waals surface area (Å²) in [6.45, 7) is 2.95. The van der Waals surface area contributed by atoms with E-state index in [9.17, 15) is 9.59 Å². The summed E-state index contributed by atoms with van der Waals surface area (Å²) < 4.78 is 10.1. The fourth-order valence-electron chi connectivity index (χ4n) is 2.64. The van der Waals surface area contributed by atoms with Crippen molar-refractivity contribution < 1.29 is 19.1 Å². The van der Waals surface area contributed by atoms with Gasteiger partial charge in [0, 0.05) is 27.8 Å². The van der Waals surface area contributed by atoms with Gasteiger partial charge in [0.05, 0.1) is 25.2 Å². The Morgan fingerprint density at radius 3 is 2.48 bits per heavy atom. The first-order valence-corrected chi connectivity index (χ1v) is 7.26. The van der Waals surface area contributed by atoms with Crippen LogP contribution in [0.3, 0.4) is 0 Å². The maximum Gasteiger partial charge on any atom is 0.239 e. The molecule has 0 saturated carbocycles. The van der Waals surface area contributed by atoms with Gasteiger partial charge in [0.1, 0.15) is 0 Å². The Balaban J connectivity index is 2.55. The highest BCUT2D eigenvalue weighted by Crippen LogP contribution is 2.31. The Bertz CT molecular complexity index is 338. The van der Waals surface area contributed by atoms with E-state index in [0.717, 1.165) is 25.9 Å². The van der Waals surface area contributed by atoms with E-state index in [2.05, 4.69) is 10.6 Å². The molecule has 122 valence electrons. The zero-order valence-corrected chi connectivity index (χ0v) is 13.2. The van der Waals surface area contributed by atoms with Crippen LogP contribution < -0.4 is 10.6 Å². The first kappa shape index (κ1) is 17.9. The topological polar surface area (TPSA) is 79.9 Å². The van der Waals surface area contributed by atoms with Gasteiger partial charge in [0.25, 0.3) is 0 Å². The molecule has 0 spiro atoms. The maximum atomic E-state index is 12.7. The second kappa shape index (κ2) is 8.96. The SMILES string of the molecule is COCCNC(=O)CN(C)C(=O)C1(COC)CCNCC1. The lowest BCUT2D eigenvalue weighted by molar-refractivity contribution is -0.148. The Morgan fingerprint density at radius 2 is 1.90 bits per heavy atom. The van der Waals surface area contributed by atoms with Crippen molar-refractivity contribution in [3.63, 3.8) is 0 Å².